The summed E-state index contributed by atoms with van der Waals surface area (Å²) in [5.41, 5.74) is 1.84. The van der Waals surface area contributed by atoms with Crippen molar-refractivity contribution >= 4 is 34.9 Å². The first-order valence-corrected chi connectivity index (χ1v) is 8.19. The molecule has 0 amide bonds. The monoisotopic (exact) mass is 323 g/mol. The number of aliphatic imine (C=N–C) groups is 1. The number of carbonyl (C=O) groups is 1. The number of methoxy groups -OCH3 is 1. The molecule has 1 heterocycles. The van der Waals surface area contributed by atoms with Crippen molar-refractivity contribution in [3.8, 4) is 0 Å². The molecule has 0 saturated carbocycles. The summed E-state index contributed by atoms with van der Waals surface area (Å²) in [6, 6.07) is 0. The van der Waals surface area contributed by atoms with Crippen LogP contribution in [0.1, 0.15) is 61.5 Å². The molecule has 0 spiro atoms. The molecule has 0 saturated heterocycles. The van der Waals surface area contributed by atoms with Gasteiger partial charge in [-0.1, -0.05) is 39.0 Å². The second-order valence-electron chi connectivity index (χ2n) is 5.24. The van der Waals surface area contributed by atoms with Gasteiger partial charge in [0.15, 0.2) is 5.82 Å². The number of aryl methyl sites for hydroxylation is 1. The number of thiocarbonyl (C=S) groups is 1. The van der Waals surface area contributed by atoms with Crippen molar-refractivity contribution in [2.24, 2.45) is 4.99 Å². The third-order valence-corrected chi connectivity index (χ3v) is 3.64. The Hall–Kier alpha value is -1.65. The van der Waals surface area contributed by atoms with Crippen molar-refractivity contribution in [2.45, 2.75) is 52.4 Å². The van der Waals surface area contributed by atoms with E-state index in [4.69, 9.17) is 4.74 Å². The van der Waals surface area contributed by atoms with Gasteiger partial charge >= 0.3 is 5.97 Å². The Bertz CT molecular complexity index is 534. The Balaban J connectivity index is 2.67. The molecule has 0 aliphatic carbocycles. The molecule has 0 aromatic carbocycles. The number of aromatic nitrogens is 1. The van der Waals surface area contributed by atoms with E-state index in [1.54, 1.807) is 0 Å². The van der Waals surface area contributed by atoms with Crippen molar-refractivity contribution < 1.29 is 9.53 Å². The molecule has 2 N–H and O–H groups in total. The van der Waals surface area contributed by atoms with Crippen LogP contribution in [0.15, 0.2) is 4.99 Å². The molecule has 0 unspecified atom stereocenters. The third-order valence-electron chi connectivity index (χ3n) is 3.55. The van der Waals surface area contributed by atoms with Gasteiger partial charge in [0, 0.05) is 12.2 Å². The van der Waals surface area contributed by atoms with Gasteiger partial charge in [0.2, 0.25) is 0 Å². The number of isothiocyanates is 1. The molecule has 122 valence electrons. The zero-order chi connectivity index (χ0) is 16.4. The van der Waals surface area contributed by atoms with Crippen LogP contribution in [0.3, 0.4) is 0 Å². The van der Waals surface area contributed by atoms with Crippen LogP contribution in [-0.4, -0.2) is 29.8 Å². The van der Waals surface area contributed by atoms with Gasteiger partial charge in [-0.3, -0.25) is 0 Å². The molecule has 0 atom stereocenters. The largest absolute Gasteiger partial charge is 0.465 e. The van der Waals surface area contributed by atoms with E-state index in [1.807, 2.05) is 6.92 Å². The fraction of sp³-hybridized carbons (Fsp3) is 0.625. The molecular formula is C16H25N3O2S. The predicted octanol–water partition coefficient (Wildman–Crippen LogP) is 4.62. The second-order valence-corrected chi connectivity index (χ2v) is 5.42. The van der Waals surface area contributed by atoms with Gasteiger partial charge in [-0.2, -0.15) is 4.99 Å². The first-order chi connectivity index (χ1) is 10.7. The zero-order valence-electron chi connectivity index (χ0n) is 13.6. The van der Waals surface area contributed by atoms with Crippen molar-refractivity contribution in [2.75, 3.05) is 19.0 Å². The third kappa shape index (κ3) is 5.28. The minimum absolute atomic E-state index is 0.384. The van der Waals surface area contributed by atoms with Crippen LogP contribution in [-0.2, 0) is 4.74 Å². The van der Waals surface area contributed by atoms with Gasteiger partial charge in [0.05, 0.1) is 18.0 Å². The van der Waals surface area contributed by atoms with Crippen molar-refractivity contribution in [1.29, 1.82) is 0 Å². The van der Waals surface area contributed by atoms with Gasteiger partial charge < -0.3 is 15.0 Å². The summed E-state index contributed by atoms with van der Waals surface area (Å²) in [6.45, 7) is 4.81. The van der Waals surface area contributed by atoms with E-state index in [1.165, 1.54) is 39.2 Å². The first kappa shape index (κ1) is 18.4. The van der Waals surface area contributed by atoms with Crippen LogP contribution in [0.4, 0.5) is 11.5 Å². The Morgan fingerprint density at radius 2 is 2.00 bits per heavy atom. The SMILES string of the molecule is CCCCCCCCNc1c(N=C=S)[nH]c(C)c1C(=O)OC. The topological polar surface area (TPSA) is 66.5 Å². The highest BCUT2D eigenvalue weighted by Gasteiger charge is 2.21. The number of rotatable bonds is 10. The number of ether oxygens (including phenoxy) is 1. The molecule has 0 radical (unpaired) electrons. The van der Waals surface area contributed by atoms with Gasteiger partial charge in [-0.05, 0) is 25.6 Å². The van der Waals surface area contributed by atoms with E-state index < -0.39 is 0 Å². The van der Waals surface area contributed by atoms with Crippen molar-refractivity contribution in [1.82, 2.24) is 4.98 Å². The van der Waals surface area contributed by atoms with Gasteiger partial charge in [0.1, 0.15) is 5.56 Å². The summed E-state index contributed by atoms with van der Waals surface area (Å²) < 4.78 is 4.83. The van der Waals surface area contributed by atoms with Crippen LogP contribution in [0, 0.1) is 6.92 Å². The van der Waals surface area contributed by atoms with Gasteiger partial charge in [-0.15, -0.1) is 0 Å². The van der Waals surface area contributed by atoms with Crippen molar-refractivity contribution in [3.63, 3.8) is 0 Å². The Morgan fingerprint density at radius 1 is 1.32 bits per heavy atom. The number of hydrogen-bond donors (Lipinski definition) is 2. The van der Waals surface area contributed by atoms with Crippen LogP contribution < -0.4 is 5.32 Å². The molecular weight excluding hydrogens is 298 g/mol. The van der Waals surface area contributed by atoms with E-state index in [2.05, 4.69) is 39.6 Å². The lowest BCUT2D eigenvalue weighted by Gasteiger charge is -2.08. The lowest BCUT2D eigenvalue weighted by Crippen LogP contribution is -2.08. The number of unbranched alkanes of at least 4 members (excludes halogenated alkanes) is 5. The molecule has 0 aliphatic rings. The first-order valence-electron chi connectivity index (χ1n) is 7.78. The normalized spacial score (nSPS) is 10.1. The minimum Gasteiger partial charge on any atom is -0.465 e. The number of hydrogen-bond acceptors (Lipinski definition) is 5. The maximum atomic E-state index is 11.9. The maximum Gasteiger partial charge on any atom is 0.341 e. The summed E-state index contributed by atoms with van der Waals surface area (Å²) in [6.07, 6.45) is 7.31. The van der Waals surface area contributed by atoms with E-state index in [0.717, 1.165) is 13.0 Å². The molecule has 0 fully saturated rings. The number of aromatic amines is 1. The van der Waals surface area contributed by atoms with Crippen LogP contribution in [0.5, 0.6) is 0 Å². The molecule has 1 rings (SSSR count). The Morgan fingerprint density at radius 3 is 2.64 bits per heavy atom. The molecule has 6 heteroatoms. The lowest BCUT2D eigenvalue weighted by atomic mass is 10.1. The second kappa shape index (κ2) is 10.1. The zero-order valence-corrected chi connectivity index (χ0v) is 14.4. The fourth-order valence-electron chi connectivity index (χ4n) is 2.39. The van der Waals surface area contributed by atoms with Crippen LogP contribution in [0.25, 0.3) is 0 Å². The predicted molar refractivity (Wildman–Crippen MR) is 93.4 cm³/mol. The highest BCUT2D eigenvalue weighted by atomic mass is 32.1. The Kier molecular flexibility index (Phi) is 8.48. The molecule has 22 heavy (non-hydrogen) atoms. The quantitative estimate of drug-likeness (QED) is 0.285. The highest BCUT2D eigenvalue weighted by Crippen LogP contribution is 2.31. The lowest BCUT2D eigenvalue weighted by molar-refractivity contribution is 0.0601. The van der Waals surface area contributed by atoms with E-state index in [9.17, 15) is 4.79 Å². The van der Waals surface area contributed by atoms with E-state index >= 15 is 0 Å². The molecule has 0 bridgehead atoms. The maximum absolute atomic E-state index is 11.9. The molecule has 5 nitrogen and oxygen atoms in total. The fourth-order valence-corrected chi connectivity index (χ4v) is 2.48. The van der Waals surface area contributed by atoms with E-state index in [-0.39, 0.29) is 5.97 Å². The molecule has 0 aliphatic heterocycles. The number of H-pyrrole nitrogens is 1. The van der Waals surface area contributed by atoms with Crippen LogP contribution >= 0.6 is 12.2 Å². The number of nitrogens with one attached hydrogen (secondary N) is 2. The summed E-state index contributed by atoms with van der Waals surface area (Å²) in [7, 11) is 1.37. The summed E-state index contributed by atoms with van der Waals surface area (Å²) in [5.74, 6) is 0.142. The average Bonchev–Trinajstić information content (AvgIpc) is 2.81. The minimum atomic E-state index is -0.384. The number of anilines is 1. The smallest absolute Gasteiger partial charge is 0.341 e. The highest BCUT2D eigenvalue weighted by molar-refractivity contribution is 7.78. The summed E-state index contributed by atoms with van der Waals surface area (Å²) >= 11 is 4.65. The molecule has 1 aromatic heterocycles. The Labute approximate surface area is 137 Å². The summed E-state index contributed by atoms with van der Waals surface area (Å²) in [5, 5.41) is 5.61. The average molecular weight is 323 g/mol. The standard InChI is InChI=1S/C16H25N3O2S/c1-4-5-6-7-8-9-10-17-14-13(16(20)21-3)12(2)19-15(14)18-11-22/h17,19H,4-10H2,1-3H3. The van der Waals surface area contributed by atoms with Crippen molar-refractivity contribution in [3.05, 3.63) is 11.3 Å². The summed E-state index contributed by atoms with van der Waals surface area (Å²) in [4.78, 5) is 18.9. The van der Waals surface area contributed by atoms with Gasteiger partial charge in [0.25, 0.3) is 0 Å². The number of carbonyl (C=O) groups excluding carboxylic acids is 1. The number of nitrogens with zero attached hydrogens (tertiary/aromatic N) is 1. The van der Waals surface area contributed by atoms with E-state index in [0.29, 0.717) is 22.8 Å². The van der Waals surface area contributed by atoms with Gasteiger partial charge in [-0.25, -0.2) is 4.79 Å². The number of esters is 1. The van der Waals surface area contributed by atoms with Crippen LogP contribution in [0.2, 0.25) is 0 Å². The molecule has 1 aromatic rings.